The largest absolute Gasteiger partial charge is 0.393 e. The molecule has 0 spiro atoms. The summed E-state index contributed by atoms with van der Waals surface area (Å²) in [5.41, 5.74) is 0.844. The van der Waals surface area contributed by atoms with E-state index in [1.54, 1.807) is 0 Å². The SMILES string of the molecule is C[C@H]1C[C@H](O)C[C@H]([Si](C)(C)C)C1. The first-order chi connectivity index (χ1) is 5.39. The highest BCUT2D eigenvalue weighted by Gasteiger charge is 2.33. The maximum Gasteiger partial charge on any atom is 0.0542 e. The van der Waals surface area contributed by atoms with Crippen LogP contribution in [0.25, 0.3) is 0 Å². The molecule has 3 atom stereocenters. The second kappa shape index (κ2) is 3.50. The normalized spacial score (nSPS) is 38.2. The van der Waals surface area contributed by atoms with Crippen LogP contribution in [-0.2, 0) is 0 Å². The third kappa shape index (κ3) is 2.59. The molecule has 0 aliphatic heterocycles. The van der Waals surface area contributed by atoms with Gasteiger partial charge < -0.3 is 5.11 Å². The van der Waals surface area contributed by atoms with Gasteiger partial charge >= 0.3 is 0 Å². The molecule has 72 valence electrons. The highest BCUT2D eigenvalue weighted by atomic mass is 28.3. The quantitative estimate of drug-likeness (QED) is 0.624. The molecule has 1 fully saturated rings. The molecule has 1 saturated carbocycles. The van der Waals surface area contributed by atoms with Gasteiger partial charge in [-0.25, -0.2) is 0 Å². The smallest absolute Gasteiger partial charge is 0.0542 e. The van der Waals surface area contributed by atoms with Crippen molar-refractivity contribution in [2.75, 3.05) is 0 Å². The summed E-state index contributed by atoms with van der Waals surface area (Å²) in [7, 11) is -1.000. The van der Waals surface area contributed by atoms with Gasteiger partial charge in [0.05, 0.1) is 6.10 Å². The van der Waals surface area contributed by atoms with Crippen LogP contribution in [0.3, 0.4) is 0 Å². The Labute approximate surface area is 77.2 Å². The van der Waals surface area contributed by atoms with Crippen molar-refractivity contribution in [1.29, 1.82) is 0 Å². The maximum atomic E-state index is 9.64. The van der Waals surface area contributed by atoms with E-state index in [9.17, 15) is 5.11 Å². The van der Waals surface area contributed by atoms with E-state index in [2.05, 4.69) is 26.6 Å². The lowest BCUT2D eigenvalue weighted by molar-refractivity contribution is 0.105. The minimum atomic E-state index is -1.000. The first-order valence-electron chi connectivity index (χ1n) is 5.07. The van der Waals surface area contributed by atoms with Gasteiger partial charge in [-0.3, -0.25) is 0 Å². The molecule has 0 unspecified atom stereocenters. The Morgan fingerprint density at radius 2 is 1.67 bits per heavy atom. The summed E-state index contributed by atoms with van der Waals surface area (Å²) in [5, 5.41) is 9.64. The number of rotatable bonds is 1. The Balaban J connectivity index is 2.55. The van der Waals surface area contributed by atoms with E-state index in [0.29, 0.717) is 0 Å². The third-order valence-electron chi connectivity index (χ3n) is 3.14. The molecule has 1 N–H and O–H groups in total. The number of hydrogen-bond donors (Lipinski definition) is 1. The summed E-state index contributed by atoms with van der Waals surface area (Å²) in [6, 6.07) is 0. The van der Waals surface area contributed by atoms with E-state index < -0.39 is 8.07 Å². The fourth-order valence-corrected chi connectivity index (χ4v) is 4.36. The second-order valence-electron chi connectivity index (χ2n) is 5.53. The zero-order valence-electron chi connectivity index (χ0n) is 8.80. The minimum absolute atomic E-state index is 0.00882. The van der Waals surface area contributed by atoms with Gasteiger partial charge in [-0.1, -0.05) is 33.0 Å². The molecule has 0 aromatic heterocycles. The lowest BCUT2D eigenvalue weighted by atomic mass is 9.88. The van der Waals surface area contributed by atoms with E-state index in [1.165, 1.54) is 6.42 Å². The molecule has 2 heteroatoms. The molecule has 12 heavy (non-hydrogen) atoms. The molecular formula is C10H22OSi. The van der Waals surface area contributed by atoms with Crippen molar-refractivity contribution in [1.82, 2.24) is 0 Å². The van der Waals surface area contributed by atoms with Crippen LogP contribution in [0.5, 0.6) is 0 Å². The Morgan fingerprint density at radius 3 is 2.08 bits per heavy atom. The van der Waals surface area contributed by atoms with Crippen molar-refractivity contribution in [2.24, 2.45) is 5.92 Å². The molecule has 1 aliphatic rings. The summed E-state index contributed by atoms with van der Waals surface area (Å²) in [4.78, 5) is 0. The van der Waals surface area contributed by atoms with E-state index in [0.717, 1.165) is 24.3 Å². The summed E-state index contributed by atoms with van der Waals surface area (Å²) >= 11 is 0. The molecule has 1 nitrogen and oxygen atoms in total. The Hall–Kier alpha value is 0.177. The van der Waals surface area contributed by atoms with Crippen LogP contribution in [0.1, 0.15) is 26.2 Å². The lowest BCUT2D eigenvalue weighted by Gasteiger charge is -2.37. The van der Waals surface area contributed by atoms with Crippen LogP contribution in [0.2, 0.25) is 25.2 Å². The maximum absolute atomic E-state index is 9.64. The van der Waals surface area contributed by atoms with E-state index in [4.69, 9.17) is 0 Å². The van der Waals surface area contributed by atoms with Crippen LogP contribution in [0.15, 0.2) is 0 Å². The average Bonchev–Trinajstić information content (AvgIpc) is 1.82. The van der Waals surface area contributed by atoms with Gasteiger partial charge in [0.1, 0.15) is 0 Å². The van der Waals surface area contributed by atoms with E-state index in [-0.39, 0.29) is 6.10 Å². The van der Waals surface area contributed by atoms with Crippen LogP contribution >= 0.6 is 0 Å². The molecule has 0 radical (unpaired) electrons. The zero-order chi connectivity index (χ0) is 9.35. The fourth-order valence-electron chi connectivity index (χ4n) is 2.27. The summed E-state index contributed by atoms with van der Waals surface area (Å²) < 4.78 is 0. The third-order valence-corrected chi connectivity index (χ3v) is 6.06. The van der Waals surface area contributed by atoms with Crippen molar-refractivity contribution in [3.05, 3.63) is 0 Å². The van der Waals surface area contributed by atoms with Gasteiger partial charge in [-0.2, -0.15) is 0 Å². The van der Waals surface area contributed by atoms with Gasteiger partial charge in [0.2, 0.25) is 0 Å². The average molecular weight is 186 g/mol. The number of hydrogen-bond acceptors (Lipinski definition) is 1. The van der Waals surface area contributed by atoms with Gasteiger partial charge in [-0.15, -0.1) is 0 Å². The summed E-state index contributed by atoms with van der Waals surface area (Å²) in [6.45, 7) is 9.53. The van der Waals surface area contributed by atoms with Crippen molar-refractivity contribution >= 4 is 8.07 Å². The molecular weight excluding hydrogens is 164 g/mol. The molecule has 0 saturated heterocycles. The van der Waals surface area contributed by atoms with E-state index >= 15 is 0 Å². The standard InChI is InChI=1S/C10H22OSi/c1-8-5-9(11)7-10(6-8)12(2,3)4/h8-11H,5-7H2,1-4H3/t8-,9-,10+/m0/s1. The van der Waals surface area contributed by atoms with E-state index in [1.807, 2.05) is 0 Å². The van der Waals surface area contributed by atoms with Crippen molar-refractivity contribution in [3.63, 3.8) is 0 Å². The first kappa shape index (κ1) is 10.3. The fraction of sp³-hybridized carbons (Fsp3) is 1.00. The molecule has 0 aromatic carbocycles. The molecule has 0 aromatic rings. The van der Waals surface area contributed by atoms with Gasteiger partial charge in [-0.05, 0) is 24.3 Å². The van der Waals surface area contributed by atoms with Crippen LogP contribution < -0.4 is 0 Å². The summed E-state index contributed by atoms with van der Waals surface area (Å²) in [5.74, 6) is 0.741. The first-order valence-corrected chi connectivity index (χ1v) is 8.65. The number of aliphatic hydroxyl groups excluding tert-OH is 1. The predicted molar refractivity (Wildman–Crippen MR) is 56.1 cm³/mol. The Kier molecular flexibility index (Phi) is 3.00. The Bertz CT molecular complexity index is 140. The van der Waals surface area contributed by atoms with Crippen molar-refractivity contribution in [3.8, 4) is 0 Å². The molecule has 0 heterocycles. The topological polar surface area (TPSA) is 20.2 Å². The van der Waals surface area contributed by atoms with Gasteiger partial charge in [0.25, 0.3) is 0 Å². The van der Waals surface area contributed by atoms with Crippen LogP contribution in [0.4, 0.5) is 0 Å². The van der Waals surface area contributed by atoms with Crippen LogP contribution in [-0.4, -0.2) is 19.3 Å². The molecule has 1 aliphatic carbocycles. The van der Waals surface area contributed by atoms with Crippen molar-refractivity contribution in [2.45, 2.75) is 57.5 Å². The number of aliphatic hydroxyl groups is 1. The van der Waals surface area contributed by atoms with Crippen LogP contribution in [0, 0.1) is 5.92 Å². The minimum Gasteiger partial charge on any atom is -0.393 e. The van der Waals surface area contributed by atoms with Gasteiger partial charge in [0, 0.05) is 8.07 Å². The van der Waals surface area contributed by atoms with Crippen molar-refractivity contribution < 1.29 is 5.11 Å². The Morgan fingerprint density at radius 1 is 1.08 bits per heavy atom. The monoisotopic (exact) mass is 186 g/mol. The highest BCUT2D eigenvalue weighted by molar-refractivity contribution is 6.77. The molecule has 0 amide bonds. The highest BCUT2D eigenvalue weighted by Crippen LogP contribution is 2.39. The summed E-state index contributed by atoms with van der Waals surface area (Å²) in [6.07, 6.45) is 3.44. The predicted octanol–water partition coefficient (Wildman–Crippen LogP) is 2.88. The lowest BCUT2D eigenvalue weighted by Crippen LogP contribution is -2.36. The molecule has 0 bridgehead atoms. The second-order valence-corrected chi connectivity index (χ2v) is 11.1. The molecule has 1 rings (SSSR count). The van der Waals surface area contributed by atoms with Gasteiger partial charge in [0.15, 0.2) is 0 Å². The zero-order valence-corrected chi connectivity index (χ0v) is 9.80.